The largest absolute Gasteiger partial charge is 0.416 e. The van der Waals surface area contributed by atoms with Gasteiger partial charge in [-0.15, -0.1) is 10.2 Å². The number of benzene rings is 1. The van der Waals surface area contributed by atoms with E-state index in [0.29, 0.717) is 42.7 Å². The molecule has 5 rings (SSSR count). The summed E-state index contributed by atoms with van der Waals surface area (Å²) in [5.74, 6) is -0.349. The van der Waals surface area contributed by atoms with Gasteiger partial charge in [-0.2, -0.15) is 13.2 Å². The average Bonchev–Trinajstić information content (AvgIpc) is 3.50. The molecular weight excluding hydrogens is 435 g/mol. The lowest BCUT2D eigenvalue weighted by molar-refractivity contribution is -0.138. The van der Waals surface area contributed by atoms with Crippen molar-refractivity contribution < 1.29 is 22.8 Å². The van der Waals surface area contributed by atoms with Crippen LogP contribution in [0.4, 0.5) is 13.2 Å². The fraction of sp³-hybridized carbons (Fsp3) is 0.391. The highest BCUT2D eigenvalue weighted by atomic mass is 19.4. The van der Waals surface area contributed by atoms with Gasteiger partial charge in [0.05, 0.1) is 11.1 Å². The monoisotopic (exact) mass is 457 g/mol. The molecule has 3 atom stereocenters. The third-order valence-corrected chi connectivity index (χ3v) is 6.83. The van der Waals surface area contributed by atoms with Gasteiger partial charge in [-0.05, 0) is 54.4 Å². The minimum absolute atomic E-state index is 0.120. The molecule has 7 nitrogen and oxygen atoms in total. The van der Waals surface area contributed by atoms with Crippen LogP contribution in [-0.4, -0.2) is 51.4 Å². The second kappa shape index (κ2) is 7.86. The zero-order valence-corrected chi connectivity index (χ0v) is 17.8. The SMILES string of the molecule is CNC(=O)c1ccc2nnc(C(=O)N3C[C@H]4C[C@H](c5ccccc5C(F)(F)F)C[C@H]4C3)n2c1. The molecule has 0 bridgehead atoms. The van der Waals surface area contributed by atoms with Crippen LogP contribution in [0.2, 0.25) is 0 Å². The fourth-order valence-corrected chi connectivity index (χ4v) is 5.29. The van der Waals surface area contributed by atoms with Crippen LogP contribution < -0.4 is 5.32 Å². The predicted molar refractivity (Wildman–Crippen MR) is 113 cm³/mol. The van der Waals surface area contributed by atoms with E-state index in [1.807, 2.05) is 0 Å². The zero-order valence-electron chi connectivity index (χ0n) is 17.8. The Morgan fingerprint density at radius 1 is 1.03 bits per heavy atom. The third kappa shape index (κ3) is 3.73. The number of carbonyl (C=O) groups is 2. The molecule has 1 saturated heterocycles. The molecule has 10 heteroatoms. The molecule has 0 unspecified atom stereocenters. The summed E-state index contributed by atoms with van der Waals surface area (Å²) in [5, 5.41) is 10.6. The molecule has 1 aliphatic carbocycles. The Labute approximate surface area is 187 Å². The number of alkyl halides is 3. The van der Waals surface area contributed by atoms with Crippen LogP contribution >= 0.6 is 0 Å². The summed E-state index contributed by atoms with van der Waals surface area (Å²) in [4.78, 5) is 26.8. The number of halogens is 3. The van der Waals surface area contributed by atoms with E-state index in [4.69, 9.17) is 0 Å². The van der Waals surface area contributed by atoms with E-state index in [2.05, 4.69) is 15.5 Å². The third-order valence-electron chi connectivity index (χ3n) is 6.83. The second-order valence-corrected chi connectivity index (χ2v) is 8.73. The van der Waals surface area contributed by atoms with Crippen LogP contribution in [0.15, 0.2) is 42.6 Å². The fourth-order valence-electron chi connectivity index (χ4n) is 5.29. The number of carbonyl (C=O) groups excluding carboxylic acids is 2. The standard InChI is InChI=1S/C23H22F3N5O2/c1-27-21(32)13-6-7-19-28-29-20(31(19)12-13)22(33)30-10-15-8-14(9-16(15)11-30)17-4-2-3-5-18(17)23(24,25)26/h2-7,12,14-16H,8-11H2,1H3,(H,27,32)/t14-,15+,16-. The molecule has 3 heterocycles. The van der Waals surface area contributed by atoms with Gasteiger partial charge >= 0.3 is 6.18 Å². The van der Waals surface area contributed by atoms with Crippen molar-refractivity contribution in [1.82, 2.24) is 24.8 Å². The number of hydrogen-bond donors (Lipinski definition) is 1. The van der Waals surface area contributed by atoms with Crippen LogP contribution in [0.5, 0.6) is 0 Å². The van der Waals surface area contributed by atoms with Crippen molar-refractivity contribution in [2.45, 2.75) is 24.9 Å². The summed E-state index contributed by atoms with van der Waals surface area (Å²) in [7, 11) is 1.52. The molecule has 0 spiro atoms. The lowest BCUT2D eigenvalue weighted by Crippen LogP contribution is -2.31. The Hall–Kier alpha value is -3.43. The van der Waals surface area contributed by atoms with E-state index in [1.165, 1.54) is 23.7 Å². The van der Waals surface area contributed by atoms with Gasteiger partial charge in [0.25, 0.3) is 11.8 Å². The molecule has 2 aromatic heterocycles. The topological polar surface area (TPSA) is 79.6 Å². The minimum Gasteiger partial charge on any atom is -0.355 e. The maximum atomic E-state index is 13.5. The molecule has 2 amide bonds. The lowest BCUT2D eigenvalue weighted by Gasteiger charge is -2.21. The lowest BCUT2D eigenvalue weighted by atomic mass is 9.91. The van der Waals surface area contributed by atoms with Gasteiger partial charge in [-0.3, -0.25) is 14.0 Å². The van der Waals surface area contributed by atoms with Crippen molar-refractivity contribution in [3.05, 3.63) is 65.1 Å². The van der Waals surface area contributed by atoms with E-state index in [1.54, 1.807) is 29.2 Å². The molecule has 0 radical (unpaired) electrons. The average molecular weight is 457 g/mol. The van der Waals surface area contributed by atoms with Crippen molar-refractivity contribution in [3.63, 3.8) is 0 Å². The number of rotatable bonds is 3. The molecule has 2 fully saturated rings. The number of nitrogens with zero attached hydrogens (tertiary/aromatic N) is 4. The van der Waals surface area contributed by atoms with Crippen molar-refractivity contribution in [2.75, 3.05) is 20.1 Å². The van der Waals surface area contributed by atoms with Gasteiger partial charge in [-0.25, -0.2) is 0 Å². The van der Waals surface area contributed by atoms with Gasteiger partial charge in [0.1, 0.15) is 0 Å². The van der Waals surface area contributed by atoms with Crippen LogP contribution in [0, 0.1) is 11.8 Å². The first-order chi connectivity index (χ1) is 15.8. The normalized spacial score (nSPS) is 22.5. The second-order valence-electron chi connectivity index (χ2n) is 8.73. The van der Waals surface area contributed by atoms with Crippen LogP contribution in [0.1, 0.15) is 50.9 Å². The maximum absolute atomic E-state index is 13.5. The Morgan fingerprint density at radius 2 is 1.73 bits per heavy atom. The highest BCUT2D eigenvalue weighted by Crippen LogP contribution is 2.49. The van der Waals surface area contributed by atoms with Gasteiger partial charge in [0.15, 0.2) is 5.65 Å². The summed E-state index contributed by atoms with van der Waals surface area (Å²) in [6.07, 6.45) is -1.62. The molecule has 2 aliphatic rings. The molecule has 1 N–H and O–H groups in total. The Morgan fingerprint density at radius 3 is 2.39 bits per heavy atom. The highest BCUT2D eigenvalue weighted by Gasteiger charge is 2.45. The van der Waals surface area contributed by atoms with Gasteiger partial charge in [0.2, 0.25) is 5.82 Å². The number of hydrogen-bond acceptors (Lipinski definition) is 4. The van der Waals surface area contributed by atoms with E-state index in [9.17, 15) is 22.8 Å². The molecule has 1 aliphatic heterocycles. The summed E-state index contributed by atoms with van der Waals surface area (Å²) in [6.45, 7) is 0.941. The number of amides is 2. The molecule has 3 aromatic rings. The molecular formula is C23H22F3N5O2. The first-order valence-corrected chi connectivity index (χ1v) is 10.8. The number of fused-ring (bicyclic) bond motifs is 2. The summed E-state index contributed by atoms with van der Waals surface area (Å²) >= 11 is 0. The quantitative estimate of drug-likeness (QED) is 0.654. The highest BCUT2D eigenvalue weighted by molar-refractivity contribution is 5.95. The van der Waals surface area contributed by atoms with Crippen LogP contribution in [-0.2, 0) is 6.18 Å². The number of aromatic nitrogens is 3. The van der Waals surface area contributed by atoms with Crippen molar-refractivity contribution >= 4 is 17.5 Å². The van der Waals surface area contributed by atoms with Gasteiger partial charge in [-0.1, -0.05) is 18.2 Å². The molecule has 33 heavy (non-hydrogen) atoms. The summed E-state index contributed by atoms with van der Waals surface area (Å²) < 4.78 is 41.9. The number of nitrogens with one attached hydrogen (secondary N) is 1. The Balaban J connectivity index is 1.33. The van der Waals surface area contributed by atoms with E-state index >= 15 is 0 Å². The first-order valence-electron chi connectivity index (χ1n) is 10.8. The van der Waals surface area contributed by atoms with Crippen molar-refractivity contribution in [2.24, 2.45) is 11.8 Å². The van der Waals surface area contributed by atoms with E-state index in [-0.39, 0.29) is 35.4 Å². The van der Waals surface area contributed by atoms with Gasteiger partial charge < -0.3 is 10.2 Å². The molecule has 1 aromatic carbocycles. The smallest absolute Gasteiger partial charge is 0.355 e. The molecule has 1 saturated carbocycles. The Bertz CT molecular complexity index is 1220. The first kappa shape index (κ1) is 21.4. The predicted octanol–water partition coefficient (Wildman–Crippen LogP) is 3.37. The van der Waals surface area contributed by atoms with Crippen LogP contribution in [0.3, 0.4) is 0 Å². The van der Waals surface area contributed by atoms with Crippen molar-refractivity contribution in [3.8, 4) is 0 Å². The maximum Gasteiger partial charge on any atom is 0.416 e. The number of likely N-dealkylation sites (tertiary alicyclic amines) is 1. The number of pyridine rings is 1. The van der Waals surface area contributed by atoms with E-state index < -0.39 is 11.7 Å². The molecule has 172 valence electrons. The minimum atomic E-state index is -4.38. The Kier molecular flexibility index (Phi) is 5.10. The zero-order chi connectivity index (χ0) is 23.3. The summed E-state index contributed by atoms with van der Waals surface area (Å²) in [6, 6.07) is 9.01. The van der Waals surface area contributed by atoms with E-state index in [0.717, 1.165) is 6.07 Å². The van der Waals surface area contributed by atoms with Crippen molar-refractivity contribution in [1.29, 1.82) is 0 Å². The van der Waals surface area contributed by atoms with Gasteiger partial charge in [0, 0.05) is 26.3 Å². The van der Waals surface area contributed by atoms with Crippen LogP contribution in [0.25, 0.3) is 5.65 Å². The summed E-state index contributed by atoms with van der Waals surface area (Å²) in [5.41, 5.74) is 0.616.